The van der Waals surface area contributed by atoms with Crippen molar-refractivity contribution in [3.8, 4) is 11.5 Å². The third-order valence-electron chi connectivity index (χ3n) is 3.72. The number of hydrogen-bond donors (Lipinski definition) is 1. The van der Waals surface area contributed by atoms with Crippen LogP contribution in [-0.2, 0) is 6.54 Å². The number of ether oxygens (including phenoxy) is 2. The Bertz CT molecular complexity index is 481. The lowest BCUT2D eigenvalue weighted by atomic mass is 10.1. The Kier molecular flexibility index (Phi) is 4.34. The van der Waals surface area contributed by atoms with Crippen LogP contribution in [0.3, 0.4) is 0 Å². The highest BCUT2D eigenvalue weighted by Crippen LogP contribution is 2.38. The van der Waals surface area contributed by atoms with E-state index < -0.39 is 0 Å². The molecule has 0 spiro atoms. The summed E-state index contributed by atoms with van der Waals surface area (Å²) in [6, 6.07) is 4.61. The van der Waals surface area contributed by atoms with Crippen LogP contribution in [0.25, 0.3) is 0 Å². The molecule has 1 aromatic rings. The second-order valence-electron chi connectivity index (χ2n) is 5.55. The van der Waals surface area contributed by atoms with Crippen molar-refractivity contribution in [1.82, 2.24) is 10.2 Å². The molecular formula is C15H21ClN2O2. The molecular weight excluding hydrogens is 276 g/mol. The molecule has 1 N–H and O–H groups in total. The molecule has 1 fully saturated rings. The maximum atomic E-state index is 6.33. The zero-order valence-electron chi connectivity index (χ0n) is 11.8. The molecule has 20 heavy (non-hydrogen) atoms. The van der Waals surface area contributed by atoms with Crippen LogP contribution in [0.1, 0.15) is 18.9 Å². The van der Waals surface area contributed by atoms with E-state index in [1.165, 1.54) is 5.56 Å². The Morgan fingerprint density at radius 1 is 1.35 bits per heavy atom. The third-order valence-corrected chi connectivity index (χ3v) is 4.00. The fraction of sp³-hybridized carbons (Fsp3) is 0.600. The molecule has 0 saturated carbocycles. The Morgan fingerprint density at radius 2 is 2.20 bits per heavy atom. The van der Waals surface area contributed by atoms with Gasteiger partial charge in [0, 0.05) is 38.6 Å². The fourth-order valence-corrected chi connectivity index (χ4v) is 3.08. The molecule has 4 nitrogen and oxygen atoms in total. The normalized spacial score (nSPS) is 23.4. The Balaban J connectivity index is 1.76. The van der Waals surface area contributed by atoms with Crippen molar-refractivity contribution in [2.24, 2.45) is 0 Å². The van der Waals surface area contributed by atoms with Crippen molar-refractivity contribution in [3.05, 3.63) is 22.7 Å². The number of rotatable bonds is 2. The van der Waals surface area contributed by atoms with Crippen LogP contribution in [-0.4, -0.2) is 43.8 Å². The van der Waals surface area contributed by atoms with Gasteiger partial charge >= 0.3 is 0 Å². The largest absolute Gasteiger partial charge is 0.489 e. The lowest BCUT2D eigenvalue weighted by Gasteiger charge is -2.32. The molecule has 0 amide bonds. The topological polar surface area (TPSA) is 33.7 Å². The molecule has 2 aliphatic rings. The smallest absolute Gasteiger partial charge is 0.179 e. The van der Waals surface area contributed by atoms with E-state index in [1.54, 1.807) is 0 Å². The van der Waals surface area contributed by atoms with E-state index in [0.717, 1.165) is 38.3 Å². The second kappa shape index (κ2) is 6.20. The second-order valence-corrected chi connectivity index (χ2v) is 5.95. The number of nitrogens with zero attached hydrogens (tertiary/aromatic N) is 1. The van der Waals surface area contributed by atoms with Crippen LogP contribution < -0.4 is 14.8 Å². The van der Waals surface area contributed by atoms with Crippen molar-refractivity contribution in [3.63, 3.8) is 0 Å². The zero-order valence-corrected chi connectivity index (χ0v) is 12.6. The summed E-state index contributed by atoms with van der Waals surface area (Å²) in [5.74, 6) is 1.48. The first-order valence-electron chi connectivity index (χ1n) is 7.26. The van der Waals surface area contributed by atoms with Gasteiger partial charge in [-0.2, -0.15) is 0 Å². The lowest BCUT2D eigenvalue weighted by molar-refractivity contribution is 0.199. The lowest BCUT2D eigenvalue weighted by Crippen LogP contribution is -2.48. The predicted molar refractivity (Wildman–Crippen MR) is 79.8 cm³/mol. The van der Waals surface area contributed by atoms with E-state index in [2.05, 4.69) is 23.2 Å². The highest BCUT2D eigenvalue weighted by atomic mass is 35.5. The minimum atomic E-state index is 0.541. The van der Waals surface area contributed by atoms with Crippen LogP contribution in [0.5, 0.6) is 11.5 Å². The van der Waals surface area contributed by atoms with Gasteiger partial charge in [-0.25, -0.2) is 0 Å². The van der Waals surface area contributed by atoms with E-state index in [1.807, 2.05) is 6.07 Å². The molecule has 1 aromatic carbocycles. The maximum absolute atomic E-state index is 6.33. The average molecular weight is 297 g/mol. The summed E-state index contributed by atoms with van der Waals surface area (Å²) < 4.78 is 11.4. The summed E-state index contributed by atoms with van der Waals surface area (Å²) in [4.78, 5) is 2.44. The summed E-state index contributed by atoms with van der Waals surface area (Å²) in [6.45, 7) is 7.65. The van der Waals surface area contributed by atoms with E-state index in [4.69, 9.17) is 21.1 Å². The number of halogens is 1. The summed E-state index contributed by atoms with van der Waals surface area (Å²) in [6.07, 6.45) is 0.898. The van der Waals surface area contributed by atoms with Gasteiger partial charge < -0.3 is 14.8 Å². The molecule has 3 rings (SSSR count). The predicted octanol–water partition coefficient (Wildman–Crippen LogP) is 2.29. The summed E-state index contributed by atoms with van der Waals surface area (Å²) in [5, 5.41) is 4.11. The van der Waals surface area contributed by atoms with Crippen molar-refractivity contribution in [2.75, 3.05) is 32.8 Å². The third kappa shape index (κ3) is 3.19. The molecule has 2 aliphatic heterocycles. The standard InChI is InChI=1S/C15H21ClN2O2/c1-11-9-18(4-3-17-11)10-12-7-13(16)15-14(8-12)19-5-2-6-20-15/h7-8,11,17H,2-6,9-10H2,1H3/t11-/m0/s1. The van der Waals surface area contributed by atoms with Gasteiger partial charge in [-0.05, 0) is 24.6 Å². The van der Waals surface area contributed by atoms with Gasteiger partial charge in [0.2, 0.25) is 0 Å². The molecule has 0 aliphatic carbocycles. The average Bonchev–Trinajstić information content (AvgIpc) is 2.64. The molecule has 1 saturated heterocycles. The van der Waals surface area contributed by atoms with E-state index in [9.17, 15) is 0 Å². The Hall–Kier alpha value is -0.970. The van der Waals surface area contributed by atoms with Crippen molar-refractivity contribution in [2.45, 2.75) is 25.9 Å². The van der Waals surface area contributed by atoms with Gasteiger partial charge in [-0.15, -0.1) is 0 Å². The van der Waals surface area contributed by atoms with Gasteiger partial charge in [0.05, 0.1) is 18.2 Å². The molecule has 0 bridgehead atoms. The Morgan fingerprint density at radius 3 is 3.05 bits per heavy atom. The van der Waals surface area contributed by atoms with Gasteiger partial charge in [0.15, 0.2) is 11.5 Å². The first-order chi connectivity index (χ1) is 9.72. The Labute approximate surface area is 125 Å². The highest BCUT2D eigenvalue weighted by molar-refractivity contribution is 6.32. The zero-order chi connectivity index (χ0) is 13.9. The van der Waals surface area contributed by atoms with Crippen LogP contribution in [0, 0.1) is 0 Å². The summed E-state index contributed by atoms with van der Waals surface area (Å²) in [7, 11) is 0. The first-order valence-corrected chi connectivity index (χ1v) is 7.64. The van der Waals surface area contributed by atoms with E-state index in [0.29, 0.717) is 30.0 Å². The number of fused-ring (bicyclic) bond motifs is 1. The molecule has 0 aromatic heterocycles. The first kappa shape index (κ1) is 14.0. The van der Waals surface area contributed by atoms with Crippen molar-refractivity contribution >= 4 is 11.6 Å². The van der Waals surface area contributed by atoms with Gasteiger partial charge in [-0.1, -0.05) is 11.6 Å². The molecule has 0 radical (unpaired) electrons. The van der Waals surface area contributed by atoms with Crippen LogP contribution in [0.15, 0.2) is 12.1 Å². The molecule has 5 heteroatoms. The van der Waals surface area contributed by atoms with Crippen LogP contribution in [0.4, 0.5) is 0 Å². The maximum Gasteiger partial charge on any atom is 0.179 e. The summed E-state index contributed by atoms with van der Waals surface area (Å²) in [5.41, 5.74) is 1.19. The molecule has 2 heterocycles. The summed E-state index contributed by atoms with van der Waals surface area (Å²) >= 11 is 6.33. The monoisotopic (exact) mass is 296 g/mol. The SMILES string of the molecule is C[C@H]1CN(Cc2cc(Cl)c3c(c2)OCCCO3)CCN1. The van der Waals surface area contributed by atoms with Gasteiger partial charge in [0.25, 0.3) is 0 Å². The van der Waals surface area contributed by atoms with Crippen LogP contribution in [0.2, 0.25) is 5.02 Å². The fourth-order valence-electron chi connectivity index (χ4n) is 2.79. The highest BCUT2D eigenvalue weighted by Gasteiger charge is 2.19. The van der Waals surface area contributed by atoms with Gasteiger partial charge in [-0.3, -0.25) is 4.90 Å². The van der Waals surface area contributed by atoms with Crippen molar-refractivity contribution < 1.29 is 9.47 Å². The number of benzene rings is 1. The minimum Gasteiger partial charge on any atom is -0.489 e. The molecule has 0 unspecified atom stereocenters. The van der Waals surface area contributed by atoms with Crippen LogP contribution >= 0.6 is 11.6 Å². The van der Waals surface area contributed by atoms with E-state index in [-0.39, 0.29) is 0 Å². The number of nitrogens with one attached hydrogen (secondary N) is 1. The number of piperazine rings is 1. The van der Waals surface area contributed by atoms with Crippen molar-refractivity contribution in [1.29, 1.82) is 0 Å². The minimum absolute atomic E-state index is 0.541. The number of hydrogen-bond acceptors (Lipinski definition) is 4. The quantitative estimate of drug-likeness (QED) is 0.908. The molecule has 110 valence electrons. The van der Waals surface area contributed by atoms with Gasteiger partial charge in [0.1, 0.15) is 0 Å². The van der Waals surface area contributed by atoms with E-state index >= 15 is 0 Å². The molecule has 1 atom stereocenters.